The molecule has 2 aliphatic rings. The van der Waals surface area contributed by atoms with Gasteiger partial charge >= 0.3 is 0 Å². The number of rotatable bonds is 9. The molecule has 2 fully saturated rings. The molecule has 2 aliphatic heterocycles. The van der Waals surface area contributed by atoms with E-state index in [1.54, 1.807) is 18.2 Å². The molecule has 10 heteroatoms. The van der Waals surface area contributed by atoms with E-state index in [9.17, 15) is 19.5 Å². The molecule has 0 spiro atoms. The van der Waals surface area contributed by atoms with E-state index >= 15 is 0 Å². The van der Waals surface area contributed by atoms with Gasteiger partial charge in [-0.3, -0.25) is 19.0 Å². The van der Waals surface area contributed by atoms with Crippen LogP contribution in [0.1, 0.15) is 44.1 Å². The molecule has 3 heterocycles. The Hall–Kier alpha value is -3.60. The van der Waals surface area contributed by atoms with Gasteiger partial charge in [0.1, 0.15) is 0 Å². The summed E-state index contributed by atoms with van der Waals surface area (Å²) >= 11 is 0. The lowest BCUT2D eigenvalue weighted by atomic mass is 9.90. The first kappa shape index (κ1) is 29.9. The number of nitrogens with zero attached hydrogens (tertiary/aromatic N) is 5. The van der Waals surface area contributed by atoms with Crippen LogP contribution in [0.5, 0.6) is 0 Å². The van der Waals surface area contributed by atoms with Gasteiger partial charge in [-0.25, -0.2) is 4.98 Å². The standard InChI is InChI=1S/C32H42N6O4/c1-24(25-6-4-3-5-7-25)20-30(40)37-14-11-32(42,12-15-37)22-38-23-33-28-21-26(8-9-27(28)31(38)41)34-29(39)10-13-36-18-16-35(2)17-19-36/h3-9,21,23-24,42H,10-20,22H2,1-2H3,(H,34,39)/t24-/m1/s1. The van der Waals surface area contributed by atoms with Crippen LogP contribution in [0.3, 0.4) is 0 Å². The Bertz CT molecular complexity index is 1440. The zero-order valence-electron chi connectivity index (χ0n) is 24.7. The lowest BCUT2D eigenvalue weighted by molar-refractivity contribution is -0.136. The second-order valence-electron chi connectivity index (χ2n) is 12.0. The number of nitrogens with one attached hydrogen (secondary N) is 1. The fraction of sp³-hybridized carbons (Fsp3) is 0.500. The summed E-state index contributed by atoms with van der Waals surface area (Å²) in [5.74, 6) is 0.140. The van der Waals surface area contributed by atoms with Crippen molar-refractivity contribution in [2.75, 3.05) is 58.2 Å². The Morgan fingerprint density at radius 3 is 2.45 bits per heavy atom. The molecule has 0 unspecified atom stereocenters. The number of benzene rings is 2. The molecule has 0 aliphatic carbocycles. The number of likely N-dealkylation sites (N-methyl/N-ethyl adjacent to an activating group) is 1. The summed E-state index contributed by atoms with van der Waals surface area (Å²) in [6, 6.07) is 15.1. The van der Waals surface area contributed by atoms with Gasteiger partial charge in [0, 0.05) is 64.3 Å². The molecular formula is C32H42N6O4. The molecule has 2 aromatic carbocycles. The lowest BCUT2D eigenvalue weighted by Crippen LogP contribution is -2.49. The number of anilines is 1. The zero-order chi connectivity index (χ0) is 29.7. The highest BCUT2D eigenvalue weighted by Crippen LogP contribution is 2.27. The zero-order valence-corrected chi connectivity index (χ0v) is 24.7. The molecule has 10 nitrogen and oxygen atoms in total. The third kappa shape index (κ3) is 7.42. The fourth-order valence-corrected chi connectivity index (χ4v) is 5.84. The number of carbonyl (C=O) groups excluding carboxylic acids is 2. The highest BCUT2D eigenvalue weighted by molar-refractivity contribution is 5.93. The molecule has 42 heavy (non-hydrogen) atoms. The van der Waals surface area contributed by atoms with Crippen molar-refractivity contribution < 1.29 is 14.7 Å². The van der Waals surface area contributed by atoms with E-state index in [0.29, 0.717) is 55.4 Å². The van der Waals surface area contributed by atoms with Crippen molar-refractivity contribution in [3.8, 4) is 0 Å². The summed E-state index contributed by atoms with van der Waals surface area (Å²) in [7, 11) is 2.11. The second-order valence-corrected chi connectivity index (χ2v) is 12.0. The minimum Gasteiger partial charge on any atom is -0.388 e. The molecule has 2 amide bonds. The monoisotopic (exact) mass is 574 g/mol. The Morgan fingerprint density at radius 2 is 1.74 bits per heavy atom. The van der Waals surface area contributed by atoms with Crippen molar-refractivity contribution in [2.24, 2.45) is 0 Å². The van der Waals surface area contributed by atoms with E-state index in [0.717, 1.165) is 38.3 Å². The molecule has 2 saturated heterocycles. The van der Waals surface area contributed by atoms with Crippen LogP contribution < -0.4 is 10.9 Å². The summed E-state index contributed by atoms with van der Waals surface area (Å²) in [4.78, 5) is 49.6. The Kier molecular flexibility index (Phi) is 9.35. The van der Waals surface area contributed by atoms with Gasteiger partial charge in [-0.15, -0.1) is 0 Å². The molecule has 2 N–H and O–H groups in total. The van der Waals surface area contributed by atoms with E-state index in [-0.39, 0.29) is 29.8 Å². The predicted molar refractivity (Wildman–Crippen MR) is 163 cm³/mol. The summed E-state index contributed by atoms with van der Waals surface area (Å²) in [6.07, 6.45) is 3.07. The Balaban J connectivity index is 1.14. The SMILES string of the molecule is C[C@H](CC(=O)N1CCC(O)(Cn2cnc3cc(NC(=O)CCN4CCN(C)CC4)ccc3c2=O)CC1)c1ccccc1. The van der Waals surface area contributed by atoms with Crippen molar-refractivity contribution in [3.63, 3.8) is 0 Å². The first-order chi connectivity index (χ1) is 20.2. The maximum atomic E-state index is 13.3. The summed E-state index contributed by atoms with van der Waals surface area (Å²) in [6.45, 7) is 7.75. The van der Waals surface area contributed by atoms with E-state index < -0.39 is 5.60 Å². The fourth-order valence-electron chi connectivity index (χ4n) is 5.84. The smallest absolute Gasteiger partial charge is 0.261 e. The summed E-state index contributed by atoms with van der Waals surface area (Å²) in [5.41, 5.74) is 0.897. The number of hydrogen-bond acceptors (Lipinski definition) is 7. The number of aromatic nitrogens is 2. The largest absolute Gasteiger partial charge is 0.388 e. The van der Waals surface area contributed by atoms with Crippen LogP contribution in [0.2, 0.25) is 0 Å². The van der Waals surface area contributed by atoms with E-state index in [1.807, 2.05) is 35.2 Å². The number of carbonyl (C=O) groups is 2. The average molecular weight is 575 g/mol. The van der Waals surface area contributed by atoms with Crippen molar-refractivity contribution in [3.05, 3.63) is 70.8 Å². The van der Waals surface area contributed by atoms with Gasteiger partial charge in [-0.1, -0.05) is 37.3 Å². The Labute approximate surface area is 246 Å². The van der Waals surface area contributed by atoms with Gasteiger partial charge in [0.25, 0.3) is 5.56 Å². The van der Waals surface area contributed by atoms with Crippen molar-refractivity contribution >= 4 is 28.4 Å². The predicted octanol–water partition coefficient (Wildman–Crippen LogP) is 2.52. The minimum absolute atomic E-state index is 0.0665. The number of likely N-dealkylation sites (tertiary alicyclic amines) is 1. The maximum absolute atomic E-state index is 13.3. The molecule has 0 bridgehead atoms. The number of fused-ring (bicyclic) bond motifs is 1. The van der Waals surface area contributed by atoms with Gasteiger partial charge < -0.3 is 25.1 Å². The molecule has 5 rings (SSSR count). The second kappa shape index (κ2) is 13.1. The number of piperazine rings is 1. The third-order valence-electron chi connectivity index (χ3n) is 8.72. The summed E-state index contributed by atoms with van der Waals surface area (Å²) < 4.78 is 1.45. The number of amides is 2. The number of hydrogen-bond donors (Lipinski definition) is 2. The maximum Gasteiger partial charge on any atom is 0.261 e. The molecule has 0 radical (unpaired) electrons. The highest BCUT2D eigenvalue weighted by atomic mass is 16.3. The van der Waals surface area contributed by atoms with Crippen LogP contribution in [-0.2, 0) is 16.1 Å². The molecule has 0 saturated carbocycles. The lowest BCUT2D eigenvalue weighted by Gasteiger charge is -2.38. The van der Waals surface area contributed by atoms with Crippen molar-refractivity contribution in [2.45, 2.75) is 50.7 Å². The van der Waals surface area contributed by atoms with Crippen LogP contribution in [-0.4, -0.2) is 99.6 Å². The van der Waals surface area contributed by atoms with Crippen LogP contribution in [0.4, 0.5) is 5.69 Å². The first-order valence-electron chi connectivity index (χ1n) is 14.9. The first-order valence-corrected chi connectivity index (χ1v) is 14.9. The Morgan fingerprint density at radius 1 is 1.02 bits per heavy atom. The van der Waals surface area contributed by atoms with Crippen LogP contribution >= 0.6 is 0 Å². The normalized spacial score (nSPS) is 18.6. The van der Waals surface area contributed by atoms with Crippen molar-refractivity contribution in [1.29, 1.82) is 0 Å². The van der Waals surface area contributed by atoms with Gasteiger partial charge in [-0.2, -0.15) is 0 Å². The van der Waals surface area contributed by atoms with Gasteiger partial charge in [0.15, 0.2) is 0 Å². The molecule has 1 aromatic heterocycles. The van der Waals surface area contributed by atoms with E-state index in [1.165, 1.54) is 10.9 Å². The third-order valence-corrected chi connectivity index (χ3v) is 8.72. The molecular weight excluding hydrogens is 532 g/mol. The van der Waals surface area contributed by atoms with Crippen molar-refractivity contribution in [1.82, 2.24) is 24.3 Å². The van der Waals surface area contributed by atoms with Crippen LogP contribution in [0.15, 0.2) is 59.7 Å². The number of piperidine rings is 1. The highest BCUT2D eigenvalue weighted by Gasteiger charge is 2.35. The quantitative estimate of drug-likeness (QED) is 0.404. The number of aliphatic hydroxyl groups is 1. The molecule has 1 atom stereocenters. The van der Waals surface area contributed by atoms with Gasteiger partial charge in [0.05, 0.1) is 29.4 Å². The van der Waals surface area contributed by atoms with Gasteiger partial charge in [-0.05, 0) is 49.6 Å². The van der Waals surface area contributed by atoms with Crippen LogP contribution in [0, 0.1) is 0 Å². The average Bonchev–Trinajstić information content (AvgIpc) is 2.99. The summed E-state index contributed by atoms with van der Waals surface area (Å²) in [5, 5.41) is 14.7. The molecule has 3 aromatic rings. The van der Waals surface area contributed by atoms with E-state index in [4.69, 9.17) is 0 Å². The molecule has 224 valence electrons. The minimum atomic E-state index is -1.10. The topological polar surface area (TPSA) is 111 Å². The van der Waals surface area contributed by atoms with E-state index in [2.05, 4.69) is 34.1 Å². The van der Waals surface area contributed by atoms with Gasteiger partial charge in [0.2, 0.25) is 11.8 Å². The van der Waals surface area contributed by atoms with Crippen LogP contribution in [0.25, 0.3) is 10.9 Å².